The van der Waals surface area contributed by atoms with Crippen molar-refractivity contribution < 1.29 is 14.3 Å². The first-order valence-corrected chi connectivity index (χ1v) is 12.7. The smallest absolute Gasteiger partial charge is 0.410 e. The highest BCUT2D eigenvalue weighted by Gasteiger charge is 2.30. The van der Waals surface area contributed by atoms with Crippen LogP contribution in [0.4, 0.5) is 4.79 Å². The fraction of sp³-hybridized carbons (Fsp3) is 0.571. The summed E-state index contributed by atoms with van der Waals surface area (Å²) >= 11 is 0. The van der Waals surface area contributed by atoms with Crippen LogP contribution in [0, 0.1) is 5.92 Å². The molecule has 34 heavy (non-hydrogen) atoms. The Balaban J connectivity index is 0.00000158. The first-order chi connectivity index (χ1) is 16.2. The van der Waals surface area contributed by atoms with Crippen molar-refractivity contribution in [3.63, 3.8) is 0 Å². The summed E-state index contributed by atoms with van der Waals surface area (Å²) in [6, 6.07) is 6.02. The third kappa shape index (κ3) is 5.48. The molecule has 2 aliphatic rings. The van der Waals surface area contributed by atoms with Gasteiger partial charge in [-0.15, -0.1) is 6.58 Å². The van der Waals surface area contributed by atoms with E-state index in [1.54, 1.807) is 4.90 Å². The summed E-state index contributed by atoms with van der Waals surface area (Å²) in [5, 5.41) is 1.05. The van der Waals surface area contributed by atoms with E-state index in [1.807, 2.05) is 57.7 Å². The van der Waals surface area contributed by atoms with Gasteiger partial charge in [0.25, 0.3) is 5.91 Å². The van der Waals surface area contributed by atoms with E-state index in [0.29, 0.717) is 25.6 Å². The van der Waals surface area contributed by atoms with Gasteiger partial charge in [-0.25, -0.2) is 4.79 Å². The Hall–Kier alpha value is -2.76. The monoisotopic (exact) mass is 467 g/mol. The lowest BCUT2D eigenvalue weighted by molar-refractivity contribution is 0.0223. The second-order valence-electron chi connectivity index (χ2n) is 10.2. The lowest BCUT2D eigenvalue weighted by atomic mass is 9.99. The van der Waals surface area contributed by atoms with Crippen LogP contribution in [-0.2, 0) is 24.2 Å². The summed E-state index contributed by atoms with van der Waals surface area (Å²) in [5.41, 5.74) is 3.61. The predicted octanol–water partition coefficient (Wildman–Crippen LogP) is 6.02. The highest BCUT2D eigenvalue weighted by atomic mass is 16.6. The summed E-state index contributed by atoms with van der Waals surface area (Å²) in [6.07, 6.45) is 4.60. The number of piperidine rings is 1. The molecule has 0 N–H and O–H groups in total. The molecule has 0 radical (unpaired) electrons. The molecule has 2 aromatic rings. The lowest BCUT2D eigenvalue weighted by Gasteiger charge is -2.31. The molecule has 2 amide bonds. The van der Waals surface area contributed by atoms with Crippen molar-refractivity contribution in [3.05, 3.63) is 47.7 Å². The van der Waals surface area contributed by atoms with Crippen LogP contribution in [0.2, 0.25) is 0 Å². The molecule has 186 valence electrons. The number of allylic oxidation sites excluding steroid dienone is 1. The number of rotatable bonds is 3. The number of likely N-dealkylation sites (tertiary alicyclic amines) is 1. The Morgan fingerprint density at radius 2 is 1.91 bits per heavy atom. The minimum atomic E-state index is -0.528. The fourth-order valence-corrected chi connectivity index (χ4v) is 4.96. The van der Waals surface area contributed by atoms with E-state index >= 15 is 0 Å². The SMILES string of the molecule is C=CCn1c2c(c3cc(C(=O)N4CCCC(C)C4)ccc31)CN(C(=O)OC(C)(C)C)CC2.CC. The Morgan fingerprint density at radius 3 is 2.56 bits per heavy atom. The van der Waals surface area contributed by atoms with Crippen molar-refractivity contribution in [2.24, 2.45) is 5.92 Å². The zero-order chi connectivity index (χ0) is 25.0. The van der Waals surface area contributed by atoms with E-state index in [1.165, 1.54) is 12.1 Å². The zero-order valence-electron chi connectivity index (χ0n) is 21.8. The average Bonchev–Trinajstić information content (AvgIpc) is 3.11. The van der Waals surface area contributed by atoms with E-state index in [2.05, 4.69) is 24.1 Å². The summed E-state index contributed by atoms with van der Waals surface area (Å²) in [5.74, 6) is 0.642. The van der Waals surface area contributed by atoms with Gasteiger partial charge in [-0.1, -0.05) is 26.8 Å². The number of nitrogens with zero attached hydrogens (tertiary/aromatic N) is 3. The molecule has 3 heterocycles. The number of ether oxygens (including phenoxy) is 1. The van der Waals surface area contributed by atoms with Crippen LogP contribution in [0.5, 0.6) is 0 Å². The van der Waals surface area contributed by atoms with Gasteiger partial charge in [0, 0.05) is 60.3 Å². The summed E-state index contributed by atoms with van der Waals surface area (Å²) < 4.78 is 7.88. The van der Waals surface area contributed by atoms with Gasteiger partial charge in [-0.2, -0.15) is 0 Å². The van der Waals surface area contributed by atoms with Gasteiger partial charge < -0.3 is 19.1 Å². The van der Waals surface area contributed by atoms with Crippen LogP contribution in [0.25, 0.3) is 10.9 Å². The number of carbonyl (C=O) groups excluding carboxylic acids is 2. The molecule has 1 atom stereocenters. The number of hydrogen-bond acceptors (Lipinski definition) is 3. The first-order valence-electron chi connectivity index (χ1n) is 12.7. The van der Waals surface area contributed by atoms with E-state index in [9.17, 15) is 9.59 Å². The van der Waals surface area contributed by atoms with Gasteiger partial charge in [-0.05, 0) is 57.7 Å². The molecule has 1 aromatic heterocycles. The minimum Gasteiger partial charge on any atom is -0.444 e. The summed E-state index contributed by atoms with van der Waals surface area (Å²) in [4.78, 5) is 29.7. The quantitative estimate of drug-likeness (QED) is 0.519. The Bertz CT molecular complexity index is 1050. The zero-order valence-corrected chi connectivity index (χ0v) is 21.8. The van der Waals surface area contributed by atoms with Crippen LogP contribution < -0.4 is 0 Å². The molecule has 6 heteroatoms. The topological polar surface area (TPSA) is 54.8 Å². The Labute approximate surface area is 204 Å². The van der Waals surface area contributed by atoms with Crippen molar-refractivity contribution in [1.82, 2.24) is 14.4 Å². The fourth-order valence-electron chi connectivity index (χ4n) is 4.96. The second kappa shape index (κ2) is 10.7. The van der Waals surface area contributed by atoms with Crippen molar-refractivity contribution >= 4 is 22.9 Å². The van der Waals surface area contributed by atoms with Gasteiger partial charge in [0.2, 0.25) is 0 Å². The van der Waals surface area contributed by atoms with Gasteiger partial charge in [0.15, 0.2) is 0 Å². The van der Waals surface area contributed by atoms with Crippen LogP contribution >= 0.6 is 0 Å². The van der Waals surface area contributed by atoms with Crippen LogP contribution in [0.1, 0.15) is 76.0 Å². The number of fused-ring (bicyclic) bond motifs is 3. The Morgan fingerprint density at radius 1 is 1.18 bits per heavy atom. The summed E-state index contributed by atoms with van der Waals surface area (Å²) in [7, 11) is 0. The standard InChI is InChI=1S/C26H35N3O3.C2H6/c1-6-12-29-22-10-9-19(24(30)27-13-7-8-18(2)16-27)15-20(22)21-17-28(14-11-23(21)29)25(31)32-26(3,4)5;1-2/h6,9-10,15,18H,1,7-8,11-14,16-17H2,2-5H3;1-2H3. The lowest BCUT2D eigenvalue weighted by Crippen LogP contribution is -2.40. The van der Waals surface area contributed by atoms with Crippen LogP contribution in [0.3, 0.4) is 0 Å². The molecule has 1 aromatic carbocycles. The largest absolute Gasteiger partial charge is 0.444 e. The predicted molar refractivity (Wildman–Crippen MR) is 138 cm³/mol. The maximum absolute atomic E-state index is 13.2. The number of aromatic nitrogens is 1. The third-order valence-electron chi connectivity index (χ3n) is 6.41. The van der Waals surface area contributed by atoms with Gasteiger partial charge in [0.1, 0.15) is 5.60 Å². The molecule has 1 unspecified atom stereocenters. The van der Waals surface area contributed by atoms with Gasteiger partial charge in [0.05, 0.1) is 6.54 Å². The van der Waals surface area contributed by atoms with Gasteiger partial charge >= 0.3 is 6.09 Å². The number of hydrogen-bond donors (Lipinski definition) is 0. The number of amides is 2. The van der Waals surface area contributed by atoms with E-state index < -0.39 is 5.60 Å². The molecule has 0 aliphatic carbocycles. The van der Waals surface area contributed by atoms with Crippen molar-refractivity contribution in [2.75, 3.05) is 19.6 Å². The molecule has 4 rings (SSSR count). The maximum atomic E-state index is 13.2. The van der Waals surface area contributed by atoms with E-state index in [4.69, 9.17) is 4.74 Å². The van der Waals surface area contributed by atoms with Crippen molar-refractivity contribution in [3.8, 4) is 0 Å². The molecular weight excluding hydrogens is 426 g/mol. The molecular formula is C28H41N3O3. The van der Waals surface area contributed by atoms with Crippen LogP contribution in [0.15, 0.2) is 30.9 Å². The number of benzene rings is 1. The van der Waals surface area contributed by atoms with Crippen molar-refractivity contribution in [1.29, 1.82) is 0 Å². The van der Waals surface area contributed by atoms with E-state index in [0.717, 1.165) is 48.0 Å². The third-order valence-corrected chi connectivity index (χ3v) is 6.41. The maximum Gasteiger partial charge on any atom is 0.410 e. The molecule has 0 saturated carbocycles. The normalized spacial score (nSPS) is 18.1. The minimum absolute atomic E-state index is 0.100. The molecule has 1 fully saturated rings. The number of carbonyl (C=O) groups is 2. The molecule has 0 bridgehead atoms. The average molecular weight is 468 g/mol. The van der Waals surface area contributed by atoms with Crippen LogP contribution in [-0.4, -0.2) is 51.6 Å². The molecule has 6 nitrogen and oxygen atoms in total. The first kappa shape index (κ1) is 25.9. The van der Waals surface area contributed by atoms with Gasteiger partial charge in [-0.3, -0.25) is 4.79 Å². The second-order valence-corrected chi connectivity index (χ2v) is 10.2. The summed E-state index contributed by atoms with van der Waals surface area (Å²) in [6.45, 7) is 19.2. The van der Waals surface area contributed by atoms with Crippen molar-refractivity contribution in [2.45, 2.75) is 79.5 Å². The van der Waals surface area contributed by atoms with E-state index in [-0.39, 0.29) is 12.0 Å². The molecule has 0 spiro atoms. The molecule has 2 aliphatic heterocycles. The molecule has 1 saturated heterocycles. The Kier molecular flexibility index (Phi) is 8.11. The highest BCUT2D eigenvalue weighted by molar-refractivity contribution is 5.99. The highest BCUT2D eigenvalue weighted by Crippen LogP contribution is 2.33.